The summed E-state index contributed by atoms with van der Waals surface area (Å²) in [5, 5.41) is 2.85. The van der Waals surface area contributed by atoms with Crippen molar-refractivity contribution in [3.8, 4) is 11.8 Å². The Kier molecular flexibility index (Phi) is 5.32. The van der Waals surface area contributed by atoms with Gasteiger partial charge in [-0.1, -0.05) is 11.8 Å². The van der Waals surface area contributed by atoms with E-state index in [1.807, 2.05) is 6.92 Å². The van der Waals surface area contributed by atoms with Gasteiger partial charge in [0.15, 0.2) is 0 Å². The zero-order valence-corrected chi connectivity index (χ0v) is 12.0. The van der Waals surface area contributed by atoms with E-state index in [1.54, 1.807) is 6.07 Å². The number of benzene rings is 1. The molecule has 1 aliphatic rings. The van der Waals surface area contributed by atoms with E-state index in [4.69, 9.17) is 10.5 Å². The summed E-state index contributed by atoms with van der Waals surface area (Å²) in [4.78, 5) is 12.1. The maximum absolute atomic E-state index is 14.0. The lowest BCUT2D eigenvalue weighted by Crippen LogP contribution is -2.41. The van der Waals surface area contributed by atoms with Gasteiger partial charge in [0.2, 0.25) is 0 Å². The molecule has 1 aromatic carbocycles. The lowest BCUT2D eigenvalue weighted by atomic mass is 10.0. The van der Waals surface area contributed by atoms with Crippen molar-refractivity contribution in [1.82, 2.24) is 5.32 Å². The molecule has 1 amide bonds. The molecular weight excluding hydrogens is 271 g/mol. The maximum atomic E-state index is 14.0. The normalized spacial score (nSPS) is 21.3. The average molecular weight is 290 g/mol. The predicted octanol–water partition coefficient (Wildman–Crippen LogP) is 1.43. The van der Waals surface area contributed by atoms with E-state index < -0.39 is 11.7 Å². The van der Waals surface area contributed by atoms with Crippen molar-refractivity contribution < 1.29 is 13.9 Å². The number of rotatable bonds is 2. The van der Waals surface area contributed by atoms with Gasteiger partial charge in [0.25, 0.3) is 5.91 Å². The molecule has 0 saturated carbocycles. The van der Waals surface area contributed by atoms with Crippen LogP contribution in [0.2, 0.25) is 0 Å². The summed E-state index contributed by atoms with van der Waals surface area (Å²) in [5.41, 5.74) is 5.81. The predicted molar refractivity (Wildman–Crippen MR) is 78.2 cm³/mol. The van der Waals surface area contributed by atoms with Crippen LogP contribution in [0.1, 0.15) is 35.7 Å². The zero-order valence-electron chi connectivity index (χ0n) is 12.0. The molecule has 2 atom stereocenters. The Bertz CT molecular complexity index is 577. The van der Waals surface area contributed by atoms with Crippen LogP contribution in [0.15, 0.2) is 18.2 Å². The van der Waals surface area contributed by atoms with Crippen molar-refractivity contribution in [2.45, 2.75) is 31.9 Å². The Morgan fingerprint density at radius 1 is 1.57 bits per heavy atom. The standard InChI is InChI=1S/C16H19FN2O2/c1-11-9-13(6-8-21-11)19-16(20)14-5-4-12(3-2-7-18)10-15(14)17/h4-5,10-11,13H,6-9,18H2,1H3,(H,19,20). The number of hydrogen-bond acceptors (Lipinski definition) is 3. The van der Waals surface area contributed by atoms with Gasteiger partial charge < -0.3 is 15.8 Å². The molecule has 4 nitrogen and oxygen atoms in total. The molecule has 5 heteroatoms. The lowest BCUT2D eigenvalue weighted by molar-refractivity contribution is 0.0136. The van der Waals surface area contributed by atoms with E-state index in [-0.39, 0.29) is 24.3 Å². The minimum absolute atomic E-state index is 0.0253. The minimum Gasteiger partial charge on any atom is -0.378 e. The van der Waals surface area contributed by atoms with Crippen LogP contribution in [-0.2, 0) is 4.74 Å². The first-order valence-electron chi connectivity index (χ1n) is 7.01. The van der Waals surface area contributed by atoms with Gasteiger partial charge in [-0.25, -0.2) is 4.39 Å². The number of halogens is 1. The Morgan fingerprint density at radius 2 is 2.38 bits per heavy atom. The summed E-state index contributed by atoms with van der Waals surface area (Å²) in [6.07, 6.45) is 1.60. The maximum Gasteiger partial charge on any atom is 0.254 e. The molecule has 2 rings (SSSR count). The fourth-order valence-electron chi connectivity index (χ4n) is 2.32. The molecule has 1 aromatic rings. The SMILES string of the molecule is CC1CC(NC(=O)c2ccc(C#CCN)cc2F)CCO1. The highest BCUT2D eigenvalue weighted by Gasteiger charge is 2.22. The number of ether oxygens (including phenoxy) is 1. The largest absolute Gasteiger partial charge is 0.378 e. The molecular formula is C16H19FN2O2. The molecule has 0 aromatic heterocycles. The smallest absolute Gasteiger partial charge is 0.254 e. The van der Waals surface area contributed by atoms with Gasteiger partial charge in [0.1, 0.15) is 5.82 Å². The molecule has 21 heavy (non-hydrogen) atoms. The van der Waals surface area contributed by atoms with Crippen molar-refractivity contribution in [3.63, 3.8) is 0 Å². The summed E-state index contributed by atoms with van der Waals surface area (Å²) < 4.78 is 19.4. The van der Waals surface area contributed by atoms with Crippen LogP contribution >= 0.6 is 0 Å². The first kappa shape index (κ1) is 15.5. The van der Waals surface area contributed by atoms with E-state index in [1.165, 1.54) is 12.1 Å². The molecule has 1 heterocycles. The molecule has 0 radical (unpaired) electrons. The molecule has 112 valence electrons. The van der Waals surface area contributed by atoms with E-state index in [0.29, 0.717) is 12.2 Å². The summed E-state index contributed by atoms with van der Waals surface area (Å²) in [6.45, 7) is 2.79. The molecule has 2 unspecified atom stereocenters. The van der Waals surface area contributed by atoms with Crippen LogP contribution in [0.5, 0.6) is 0 Å². The monoisotopic (exact) mass is 290 g/mol. The number of amides is 1. The van der Waals surface area contributed by atoms with E-state index in [0.717, 1.165) is 12.8 Å². The first-order chi connectivity index (χ1) is 10.1. The van der Waals surface area contributed by atoms with Gasteiger partial charge in [-0.2, -0.15) is 0 Å². The number of nitrogens with two attached hydrogens (primary N) is 1. The second kappa shape index (κ2) is 7.21. The summed E-state index contributed by atoms with van der Waals surface area (Å²) in [6, 6.07) is 4.35. The van der Waals surface area contributed by atoms with Crippen LogP contribution in [0.25, 0.3) is 0 Å². The first-order valence-corrected chi connectivity index (χ1v) is 7.01. The van der Waals surface area contributed by atoms with Gasteiger partial charge >= 0.3 is 0 Å². The molecule has 0 spiro atoms. The van der Waals surface area contributed by atoms with Gasteiger partial charge in [-0.15, -0.1) is 0 Å². The lowest BCUT2D eigenvalue weighted by Gasteiger charge is -2.28. The van der Waals surface area contributed by atoms with Crippen LogP contribution in [0.4, 0.5) is 4.39 Å². The van der Waals surface area contributed by atoms with Gasteiger partial charge in [-0.3, -0.25) is 4.79 Å². The van der Waals surface area contributed by atoms with Gasteiger partial charge in [0, 0.05) is 18.2 Å². The van der Waals surface area contributed by atoms with Gasteiger partial charge in [0.05, 0.1) is 18.2 Å². The van der Waals surface area contributed by atoms with Crippen LogP contribution in [0, 0.1) is 17.7 Å². The van der Waals surface area contributed by atoms with Crippen molar-refractivity contribution in [2.24, 2.45) is 5.73 Å². The van der Waals surface area contributed by atoms with Gasteiger partial charge in [-0.05, 0) is 38.0 Å². The fourth-order valence-corrected chi connectivity index (χ4v) is 2.32. The van der Waals surface area contributed by atoms with Crippen LogP contribution in [0.3, 0.4) is 0 Å². The Balaban J connectivity index is 2.05. The topological polar surface area (TPSA) is 64.4 Å². The number of nitrogens with one attached hydrogen (secondary N) is 1. The van der Waals surface area contributed by atoms with Crippen molar-refractivity contribution in [1.29, 1.82) is 0 Å². The van der Waals surface area contributed by atoms with E-state index >= 15 is 0 Å². The molecule has 1 aliphatic heterocycles. The highest BCUT2D eigenvalue weighted by molar-refractivity contribution is 5.94. The number of carbonyl (C=O) groups excluding carboxylic acids is 1. The fraction of sp³-hybridized carbons (Fsp3) is 0.438. The second-order valence-electron chi connectivity index (χ2n) is 5.08. The highest BCUT2D eigenvalue weighted by atomic mass is 19.1. The Hall–Kier alpha value is -1.90. The number of carbonyl (C=O) groups is 1. The quantitative estimate of drug-likeness (QED) is 0.810. The third kappa shape index (κ3) is 4.28. The third-order valence-corrected chi connectivity index (χ3v) is 3.37. The van der Waals surface area contributed by atoms with E-state index in [9.17, 15) is 9.18 Å². The molecule has 1 saturated heterocycles. The third-order valence-electron chi connectivity index (χ3n) is 3.37. The van der Waals surface area contributed by atoms with Crippen LogP contribution < -0.4 is 11.1 Å². The molecule has 1 fully saturated rings. The van der Waals surface area contributed by atoms with E-state index in [2.05, 4.69) is 17.2 Å². The molecule has 3 N–H and O–H groups in total. The minimum atomic E-state index is -0.573. The summed E-state index contributed by atoms with van der Waals surface area (Å²) in [7, 11) is 0. The number of hydrogen-bond donors (Lipinski definition) is 2. The Morgan fingerprint density at radius 3 is 3.05 bits per heavy atom. The highest BCUT2D eigenvalue weighted by Crippen LogP contribution is 2.15. The van der Waals surface area contributed by atoms with Crippen molar-refractivity contribution >= 4 is 5.91 Å². The summed E-state index contributed by atoms with van der Waals surface area (Å²) in [5.74, 6) is 4.41. The average Bonchev–Trinajstić information content (AvgIpc) is 2.45. The van der Waals surface area contributed by atoms with Crippen LogP contribution in [-0.4, -0.2) is 31.2 Å². The van der Waals surface area contributed by atoms with Crippen molar-refractivity contribution in [3.05, 3.63) is 35.1 Å². The Labute approximate surface area is 123 Å². The second-order valence-corrected chi connectivity index (χ2v) is 5.08. The molecule has 0 bridgehead atoms. The van der Waals surface area contributed by atoms with Crippen molar-refractivity contribution in [2.75, 3.05) is 13.2 Å². The summed E-state index contributed by atoms with van der Waals surface area (Å²) >= 11 is 0. The zero-order chi connectivity index (χ0) is 15.2. The molecule has 0 aliphatic carbocycles.